The van der Waals surface area contributed by atoms with Crippen LogP contribution in [0.3, 0.4) is 0 Å². The van der Waals surface area contributed by atoms with E-state index in [0.717, 1.165) is 6.54 Å². The molecule has 0 aliphatic heterocycles. The molecule has 1 amide bonds. The standard InChI is InChI=1S/C18H31N3O3S/c1-7-21(8-2)25(23,24)16-11-9-10-15(12-16)17(22)19-13-18(3,4)14-20(5)6/h9-12H,7-8,13-14H2,1-6H3,(H,19,22). The van der Waals surface area contributed by atoms with Crippen molar-refractivity contribution in [3.8, 4) is 0 Å². The van der Waals surface area contributed by atoms with Crippen LogP contribution in [0.15, 0.2) is 29.2 Å². The van der Waals surface area contributed by atoms with E-state index in [9.17, 15) is 13.2 Å². The minimum Gasteiger partial charge on any atom is -0.351 e. The number of benzene rings is 1. The molecule has 1 aromatic rings. The molecule has 1 aromatic carbocycles. The molecule has 7 heteroatoms. The van der Waals surface area contributed by atoms with Crippen molar-refractivity contribution in [3.05, 3.63) is 29.8 Å². The molecule has 0 aromatic heterocycles. The van der Waals surface area contributed by atoms with Gasteiger partial charge in [-0.25, -0.2) is 8.42 Å². The Morgan fingerprint density at radius 3 is 2.28 bits per heavy atom. The van der Waals surface area contributed by atoms with Crippen LogP contribution < -0.4 is 5.32 Å². The van der Waals surface area contributed by atoms with Crippen molar-refractivity contribution in [2.75, 3.05) is 40.3 Å². The third-order valence-electron chi connectivity index (χ3n) is 3.91. The van der Waals surface area contributed by atoms with E-state index in [1.165, 1.54) is 16.4 Å². The molecular formula is C18H31N3O3S. The molecule has 6 nitrogen and oxygen atoms in total. The average Bonchev–Trinajstić information content (AvgIpc) is 2.52. The Labute approximate surface area is 152 Å². The summed E-state index contributed by atoms with van der Waals surface area (Å²) >= 11 is 0. The Hall–Kier alpha value is -1.44. The van der Waals surface area contributed by atoms with E-state index in [4.69, 9.17) is 0 Å². The third kappa shape index (κ3) is 6.09. The summed E-state index contributed by atoms with van der Waals surface area (Å²) in [6, 6.07) is 6.22. The van der Waals surface area contributed by atoms with Gasteiger partial charge in [-0.1, -0.05) is 33.8 Å². The van der Waals surface area contributed by atoms with Crippen molar-refractivity contribution in [1.82, 2.24) is 14.5 Å². The van der Waals surface area contributed by atoms with Crippen LogP contribution >= 0.6 is 0 Å². The van der Waals surface area contributed by atoms with Gasteiger partial charge in [-0.05, 0) is 37.7 Å². The molecule has 25 heavy (non-hydrogen) atoms. The van der Waals surface area contributed by atoms with E-state index in [1.54, 1.807) is 26.0 Å². The second kappa shape index (κ2) is 8.78. The van der Waals surface area contributed by atoms with Crippen molar-refractivity contribution >= 4 is 15.9 Å². The van der Waals surface area contributed by atoms with Crippen LogP contribution in [0, 0.1) is 5.41 Å². The number of hydrogen-bond donors (Lipinski definition) is 1. The van der Waals surface area contributed by atoms with Gasteiger partial charge in [0, 0.05) is 31.7 Å². The topological polar surface area (TPSA) is 69.7 Å². The van der Waals surface area contributed by atoms with Gasteiger partial charge < -0.3 is 10.2 Å². The maximum Gasteiger partial charge on any atom is 0.251 e. The van der Waals surface area contributed by atoms with Crippen molar-refractivity contribution in [2.24, 2.45) is 5.41 Å². The molecule has 142 valence electrons. The van der Waals surface area contributed by atoms with E-state index in [1.807, 2.05) is 14.1 Å². The quantitative estimate of drug-likeness (QED) is 0.723. The lowest BCUT2D eigenvalue weighted by atomic mass is 9.93. The summed E-state index contributed by atoms with van der Waals surface area (Å²) in [4.78, 5) is 14.7. The lowest BCUT2D eigenvalue weighted by Crippen LogP contribution is -2.40. The van der Waals surface area contributed by atoms with Gasteiger partial charge in [-0.2, -0.15) is 4.31 Å². The summed E-state index contributed by atoms with van der Waals surface area (Å²) in [6.07, 6.45) is 0. The zero-order chi connectivity index (χ0) is 19.3. The fraction of sp³-hybridized carbons (Fsp3) is 0.611. The minimum absolute atomic E-state index is 0.0793. The second-order valence-electron chi connectivity index (χ2n) is 7.20. The van der Waals surface area contributed by atoms with Crippen LogP contribution in [0.1, 0.15) is 38.1 Å². The van der Waals surface area contributed by atoms with Crippen molar-refractivity contribution in [2.45, 2.75) is 32.6 Å². The third-order valence-corrected chi connectivity index (χ3v) is 5.96. The molecule has 0 saturated heterocycles. The molecule has 0 aliphatic rings. The number of rotatable bonds is 9. The highest BCUT2D eigenvalue weighted by Crippen LogP contribution is 2.18. The van der Waals surface area contributed by atoms with Crippen LogP contribution in [0.2, 0.25) is 0 Å². The summed E-state index contributed by atoms with van der Waals surface area (Å²) in [5.41, 5.74) is 0.276. The molecule has 0 unspecified atom stereocenters. The van der Waals surface area contributed by atoms with Gasteiger partial charge in [-0.15, -0.1) is 0 Å². The highest BCUT2D eigenvalue weighted by Gasteiger charge is 2.23. The van der Waals surface area contributed by atoms with Crippen LogP contribution in [-0.2, 0) is 10.0 Å². The average molecular weight is 370 g/mol. The predicted molar refractivity (Wildman–Crippen MR) is 101 cm³/mol. The molecule has 0 saturated carbocycles. The monoisotopic (exact) mass is 369 g/mol. The van der Waals surface area contributed by atoms with Gasteiger partial charge in [0.25, 0.3) is 5.91 Å². The van der Waals surface area contributed by atoms with E-state index < -0.39 is 10.0 Å². The number of hydrogen-bond acceptors (Lipinski definition) is 4. The van der Waals surface area contributed by atoms with Crippen LogP contribution in [0.4, 0.5) is 0 Å². The molecule has 0 radical (unpaired) electrons. The predicted octanol–water partition coefficient (Wildman–Crippen LogP) is 2.03. The zero-order valence-corrected chi connectivity index (χ0v) is 17.0. The Bertz CT molecular complexity index is 681. The number of carbonyl (C=O) groups is 1. The first kappa shape index (κ1) is 21.6. The Kier molecular flexibility index (Phi) is 7.59. The zero-order valence-electron chi connectivity index (χ0n) is 16.2. The highest BCUT2D eigenvalue weighted by atomic mass is 32.2. The molecular weight excluding hydrogens is 338 g/mol. The minimum atomic E-state index is -3.57. The van der Waals surface area contributed by atoms with Crippen molar-refractivity contribution < 1.29 is 13.2 Å². The summed E-state index contributed by atoms with van der Waals surface area (Å²) < 4.78 is 26.6. The number of sulfonamides is 1. The van der Waals surface area contributed by atoms with E-state index in [0.29, 0.717) is 25.2 Å². The van der Waals surface area contributed by atoms with Gasteiger partial charge in [0.15, 0.2) is 0 Å². The fourth-order valence-corrected chi connectivity index (χ4v) is 4.35. The lowest BCUT2D eigenvalue weighted by Gasteiger charge is -2.28. The number of nitrogens with one attached hydrogen (secondary N) is 1. The number of carbonyl (C=O) groups excluding carboxylic acids is 1. The Balaban J connectivity index is 2.93. The smallest absolute Gasteiger partial charge is 0.251 e. The first-order chi connectivity index (χ1) is 11.5. The van der Waals surface area contributed by atoms with Gasteiger partial charge in [-0.3, -0.25) is 4.79 Å². The van der Waals surface area contributed by atoms with Gasteiger partial charge in [0.1, 0.15) is 0 Å². The largest absolute Gasteiger partial charge is 0.351 e. The molecule has 0 fully saturated rings. The fourth-order valence-electron chi connectivity index (χ4n) is 2.84. The lowest BCUT2D eigenvalue weighted by molar-refractivity contribution is 0.0929. The van der Waals surface area contributed by atoms with Crippen molar-refractivity contribution in [1.29, 1.82) is 0 Å². The Morgan fingerprint density at radius 2 is 1.76 bits per heavy atom. The van der Waals surface area contributed by atoms with Crippen LogP contribution in [0.5, 0.6) is 0 Å². The van der Waals surface area contributed by atoms with Gasteiger partial charge in [0.2, 0.25) is 10.0 Å². The molecule has 0 atom stereocenters. The first-order valence-corrected chi connectivity index (χ1v) is 10.0. The molecule has 1 N–H and O–H groups in total. The molecule has 0 bridgehead atoms. The Morgan fingerprint density at radius 1 is 1.16 bits per heavy atom. The molecule has 1 rings (SSSR count). The second-order valence-corrected chi connectivity index (χ2v) is 9.14. The summed E-state index contributed by atoms with van der Waals surface area (Å²) in [5, 5.41) is 2.91. The normalized spacial score (nSPS) is 12.6. The maximum absolute atomic E-state index is 12.6. The molecule has 0 heterocycles. The SMILES string of the molecule is CCN(CC)S(=O)(=O)c1cccc(C(=O)NCC(C)(C)CN(C)C)c1. The van der Waals surface area contributed by atoms with E-state index in [-0.39, 0.29) is 16.2 Å². The van der Waals surface area contributed by atoms with Crippen molar-refractivity contribution in [3.63, 3.8) is 0 Å². The summed E-state index contributed by atoms with van der Waals surface area (Å²) in [7, 11) is 0.413. The van der Waals surface area contributed by atoms with E-state index in [2.05, 4.69) is 24.1 Å². The molecule has 0 aliphatic carbocycles. The van der Waals surface area contributed by atoms with Gasteiger partial charge in [0.05, 0.1) is 4.90 Å². The first-order valence-electron chi connectivity index (χ1n) is 8.56. The number of amides is 1. The van der Waals surface area contributed by atoms with Gasteiger partial charge >= 0.3 is 0 Å². The van der Waals surface area contributed by atoms with E-state index >= 15 is 0 Å². The molecule has 0 spiro atoms. The highest BCUT2D eigenvalue weighted by molar-refractivity contribution is 7.89. The number of nitrogens with zero attached hydrogens (tertiary/aromatic N) is 2. The summed E-state index contributed by atoms with van der Waals surface area (Å²) in [5.74, 6) is -0.261. The van der Waals surface area contributed by atoms with Crippen LogP contribution in [0.25, 0.3) is 0 Å². The maximum atomic E-state index is 12.6. The summed E-state index contributed by atoms with van der Waals surface area (Å²) in [6.45, 7) is 9.89. The van der Waals surface area contributed by atoms with Crippen LogP contribution in [-0.4, -0.2) is 63.8 Å².